The molecule has 0 amide bonds. The first kappa shape index (κ1) is 14.6. The second-order valence-electron chi connectivity index (χ2n) is 6.44. The van der Waals surface area contributed by atoms with Crippen LogP contribution in [0.1, 0.15) is 57.4 Å². The van der Waals surface area contributed by atoms with E-state index in [1.807, 2.05) is 0 Å². The molecule has 3 atom stereocenters. The second kappa shape index (κ2) is 7.69. The van der Waals surface area contributed by atoms with Gasteiger partial charge in [0, 0.05) is 0 Å². The quantitative estimate of drug-likeness (QED) is 0.736. The first-order chi connectivity index (χ1) is 9.25. The molecule has 0 heterocycles. The van der Waals surface area contributed by atoms with Gasteiger partial charge in [0.15, 0.2) is 0 Å². The maximum atomic E-state index is 3.68. The molecule has 1 aliphatic carbocycles. The van der Waals surface area contributed by atoms with E-state index in [0.717, 1.165) is 18.4 Å². The minimum atomic E-state index is 0.666. The second-order valence-corrected chi connectivity index (χ2v) is 6.44. The minimum Gasteiger partial charge on any atom is -0.316 e. The Morgan fingerprint density at radius 3 is 2.74 bits per heavy atom. The Morgan fingerprint density at radius 2 is 2.00 bits per heavy atom. The smallest absolute Gasteiger partial charge is 0.00204 e. The highest BCUT2D eigenvalue weighted by atomic mass is 14.9. The van der Waals surface area contributed by atoms with E-state index in [2.05, 4.69) is 49.5 Å². The monoisotopic (exact) mass is 259 g/mol. The lowest BCUT2D eigenvalue weighted by Crippen LogP contribution is -2.27. The molecule has 106 valence electrons. The van der Waals surface area contributed by atoms with Gasteiger partial charge in [0.25, 0.3) is 0 Å². The van der Waals surface area contributed by atoms with Crippen molar-refractivity contribution in [1.82, 2.24) is 5.32 Å². The average molecular weight is 259 g/mol. The van der Waals surface area contributed by atoms with Gasteiger partial charge in [-0.2, -0.15) is 0 Å². The third-order valence-corrected chi connectivity index (χ3v) is 4.60. The maximum Gasteiger partial charge on any atom is -0.00204 e. The molecule has 1 aromatic carbocycles. The number of rotatable bonds is 6. The summed E-state index contributed by atoms with van der Waals surface area (Å²) < 4.78 is 0. The Balaban J connectivity index is 1.61. The van der Waals surface area contributed by atoms with Gasteiger partial charge in [0.05, 0.1) is 0 Å². The summed E-state index contributed by atoms with van der Waals surface area (Å²) in [5.74, 6) is 2.54. The normalized spacial score (nSPS) is 25.2. The van der Waals surface area contributed by atoms with Gasteiger partial charge < -0.3 is 5.32 Å². The highest BCUT2D eigenvalue weighted by Gasteiger charge is 2.18. The largest absolute Gasteiger partial charge is 0.316 e. The lowest BCUT2D eigenvalue weighted by Gasteiger charge is -2.27. The number of nitrogens with one attached hydrogen (secondary N) is 1. The highest BCUT2D eigenvalue weighted by molar-refractivity contribution is 5.18. The molecule has 3 unspecified atom stereocenters. The summed E-state index contributed by atoms with van der Waals surface area (Å²) in [6, 6.07) is 10.9. The van der Waals surface area contributed by atoms with Crippen LogP contribution in [0.2, 0.25) is 0 Å². The van der Waals surface area contributed by atoms with Crippen molar-refractivity contribution in [3.8, 4) is 0 Å². The van der Waals surface area contributed by atoms with Gasteiger partial charge in [-0.1, -0.05) is 57.0 Å². The van der Waals surface area contributed by atoms with Crippen LogP contribution in [0.15, 0.2) is 30.3 Å². The van der Waals surface area contributed by atoms with Crippen LogP contribution in [0.5, 0.6) is 0 Å². The van der Waals surface area contributed by atoms with Crippen LogP contribution in [-0.2, 0) is 0 Å². The molecule has 0 radical (unpaired) electrons. The summed E-state index contributed by atoms with van der Waals surface area (Å²) in [4.78, 5) is 0. The predicted octanol–water partition coefficient (Wildman–Crippen LogP) is 4.60. The highest BCUT2D eigenvalue weighted by Crippen LogP contribution is 2.28. The summed E-state index contributed by atoms with van der Waals surface area (Å²) >= 11 is 0. The van der Waals surface area contributed by atoms with Gasteiger partial charge in [0.2, 0.25) is 0 Å². The van der Waals surface area contributed by atoms with Gasteiger partial charge in [-0.15, -0.1) is 0 Å². The molecule has 0 aromatic heterocycles. The van der Waals surface area contributed by atoms with E-state index in [1.54, 1.807) is 0 Å². The summed E-state index contributed by atoms with van der Waals surface area (Å²) in [5.41, 5.74) is 1.47. The van der Waals surface area contributed by atoms with E-state index in [4.69, 9.17) is 0 Å². The fourth-order valence-electron chi connectivity index (χ4n) is 3.32. The Morgan fingerprint density at radius 1 is 1.21 bits per heavy atom. The molecule has 0 aliphatic heterocycles. The zero-order valence-corrected chi connectivity index (χ0v) is 12.6. The number of hydrogen-bond donors (Lipinski definition) is 1. The van der Waals surface area contributed by atoms with Crippen molar-refractivity contribution in [2.75, 3.05) is 13.1 Å². The van der Waals surface area contributed by atoms with Crippen molar-refractivity contribution in [3.05, 3.63) is 35.9 Å². The molecule has 1 aromatic rings. The van der Waals surface area contributed by atoms with Crippen molar-refractivity contribution >= 4 is 0 Å². The zero-order chi connectivity index (χ0) is 13.5. The Hall–Kier alpha value is -0.820. The van der Waals surface area contributed by atoms with Gasteiger partial charge in [-0.3, -0.25) is 0 Å². The molecule has 19 heavy (non-hydrogen) atoms. The van der Waals surface area contributed by atoms with Crippen molar-refractivity contribution in [2.45, 2.75) is 51.9 Å². The number of hydrogen-bond acceptors (Lipinski definition) is 1. The summed E-state index contributed by atoms with van der Waals surface area (Å²) in [6.45, 7) is 7.12. The third kappa shape index (κ3) is 4.99. The molecule has 1 saturated carbocycles. The Bertz CT molecular complexity index is 346. The van der Waals surface area contributed by atoms with E-state index >= 15 is 0 Å². The molecule has 0 spiro atoms. The van der Waals surface area contributed by atoms with Crippen LogP contribution in [-0.4, -0.2) is 13.1 Å². The van der Waals surface area contributed by atoms with Crippen molar-refractivity contribution in [3.63, 3.8) is 0 Å². The van der Waals surface area contributed by atoms with Gasteiger partial charge >= 0.3 is 0 Å². The molecule has 0 saturated heterocycles. The third-order valence-electron chi connectivity index (χ3n) is 4.60. The van der Waals surface area contributed by atoms with E-state index in [9.17, 15) is 0 Å². The zero-order valence-electron chi connectivity index (χ0n) is 12.6. The van der Waals surface area contributed by atoms with E-state index in [1.165, 1.54) is 44.2 Å². The lowest BCUT2D eigenvalue weighted by molar-refractivity contribution is 0.274. The average Bonchev–Trinajstić information content (AvgIpc) is 2.44. The fourth-order valence-corrected chi connectivity index (χ4v) is 3.32. The van der Waals surface area contributed by atoms with E-state index in [0.29, 0.717) is 5.92 Å². The summed E-state index contributed by atoms with van der Waals surface area (Å²) in [5, 5.41) is 3.68. The maximum absolute atomic E-state index is 3.68. The Kier molecular flexibility index (Phi) is 5.91. The molecule has 1 heteroatoms. The van der Waals surface area contributed by atoms with Crippen LogP contribution in [0.25, 0.3) is 0 Å². The van der Waals surface area contributed by atoms with Crippen LogP contribution in [0.4, 0.5) is 0 Å². The van der Waals surface area contributed by atoms with E-state index < -0.39 is 0 Å². The molecular formula is C18H29N. The molecule has 0 bridgehead atoms. The summed E-state index contributed by atoms with van der Waals surface area (Å²) in [6.07, 6.45) is 6.99. The van der Waals surface area contributed by atoms with Crippen molar-refractivity contribution in [2.24, 2.45) is 11.8 Å². The lowest BCUT2D eigenvalue weighted by atomic mass is 9.82. The molecule has 1 fully saturated rings. The molecular weight excluding hydrogens is 230 g/mol. The number of benzene rings is 1. The van der Waals surface area contributed by atoms with Crippen LogP contribution in [0, 0.1) is 11.8 Å². The van der Waals surface area contributed by atoms with Crippen molar-refractivity contribution in [1.29, 1.82) is 0 Å². The van der Waals surface area contributed by atoms with Gasteiger partial charge in [0.1, 0.15) is 0 Å². The van der Waals surface area contributed by atoms with E-state index in [-0.39, 0.29) is 0 Å². The molecule has 1 nitrogen and oxygen atoms in total. The molecule has 1 aliphatic rings. The SMILES string of the molecule is CC1CCCC(CNCCC(C)c2ccccc2)C1. The van der Waals surface area contributed by atoms with Gasteiger partial charge in [-0.25, -0.2) is 0 Å². The summed E-state index contributed by atoms with van der Waals surface area (Å²) in [7, 11) is 0. The van der Waals surface area contributed by atoms with Crippen LogP contribution >= 0.6 is 0 Å². The van der Waals surface area contributed by atoms with Gasteiger partial charge in [-0.05, 0) is 55.7 Å². The first-order valence-electron chi connectivity index (χ1n) is 8.01. The fraction of sp³-hybridized carbons (Fsp3) is 0.667. The first-order valence-corrected chi connectivity index (χ1v) is 8.01. The molecule has 1 N–H and O–H groups in total. The van der Waals surface area contributed by atoms with Crippen LogP contribution < -0.4 is 5.32 Å². The predicted molar refractivity (Wildman–Crippen MR) is 83.5 cm³/mol. The Labute approximate surface area is 118 Å². The topological polar surface area (TPSA) is 12.0 Å². The van der Waals surface area contributed by atoms with Crippen LogP contribution in [0.3, 0.4) is 0 Å². The standard InChI is InChI=1S/C18H29N/c1-15-7-6-8-17(13-15)14-19-12-11-16(2)18-9-4-3-5-10-18/h3-5,9-10,15-17,19H,6-8,11-14H2,1-2H3. The van der Waals surface area contributed by atoms with Crippen molar-refractivity contribution < 1.29 is 0 Å². The minimum absolute atomic E-state index is 0.666. The molecule has 2 rings (SSSR count).